The van der Waals surface area contributed by atoms with Crippen LogP contribution in [0.1, 0.15) is 38.7 Å². The summed E-state index contributed by atoms with van der Waals surface area (Å²) in [6, 6.07) is 8.02. The predicted octanol–water partition coefficient (Wildman–Crippen LogP) is 3.35. The van der Waals surface area contributed by atoms with Crippen LogP contribution in [0.4, 0.5) is 0 Å². The predicted molar refractivity (Wildman–Crippen MR) is 116 cm³/mol. The Labute approximate surface area is 169 Å². The lowest BCUT2D eigenvalue weighted by Crippen LogP contribution is -2.39. The average Bonchev–Trinajstić information content (AvgIpc) is 2.58. The maximum absolute atomic E-state index is 9.14. The molecule has 0 amide bonds. The zero-order valence-corrected chi connectivity index (χ0v) is 18.1. The summed E-state index contributed by atoms with van der Waals surface area (Å²) < 4.78 is 5.79. The van der Waals surface area contributed by atoms with Crippen LogP contribution in [-0.2, 0) is 0 Å². The van der Waals surface area contributed by atoms with Gasteiger partial charge in [-0.05, 0) is 44.2 Å². The second-order valence-corrected chi connectivity index (χ2v) is 5.93. The molecule has 0 aliphatic carbocycles. The van der Waals surface area contributed by atoms with Gasteiger partial charge in [0.25, 0.3) is 0 Å². The second kappa shape index (κ2) is 15.3. The Hall–Kier alpha value is -1.02. The van der Waals surface area contributed by atoms with Gasteiger partial charge in [0.15, 0.2) is 5.96 Å². The number of nitrogens with one attached hydrogen (secondary N) is 2. The molecule has 0 bridgehead atoms. The molecular weight excluding hydrogens is 429 g/mol. The highest BCUT2D eigenvalue weighted by molar-refractivity contribution is 14.0. The van der Waals surface area contributed by atoms with Crippen molar-refractivity contribution < 1.29 is 9.84 Å². The van der Waals surface area contributed by atoms with Crippen molar-refractivity contribution in [1.29, 1.82) is 0 Å². The molecule has 0 aliphatic heterocycles. The van der Waals surface area contributed by atoms with Gasteiger partial charge in [0.1, 0.15) is 12.4 Å². The van der Waals surface area contributed by atoms with Gasteiger partial charge in [0.05, 0.1) is 6.54 Å². The number of hydrogen-bond donors (Lipinski definition) is 3. The molecule has 1 aromatic carbocycles. The number of para-hydroxylation sites is 1. The number of nitrogens with zero attached hydrogens (tertiary/aromatic N) is 1. The third-order valence-corrected chi connectivity index (χ3v) is 3.83. The molecule has 0 fully saturated rings. The highest BCUT2D eigenvalue weighted by Crippen LogP contribution is 2.15. The minimum absolute atomic E-state index is 0. The molecular formula is C19H34IN3O2. The average molecular weight is 463 g/mol. The first-order chi connectivity index (χ1) is 11.7. The van der Waals surface area contributed by atoms with Gasteiger partial charge in [-0.25, -0.2) is 0 Å². The monoisotopic (exact) mass is 463 g/mol. The summed E-state index contributed by atoms with van der Waals surface area (Å²) in [5, 5.41) is 15.7. The van der Waals surface area contributed by atoms with Crippen molar-refractivity contribution in [3.05, 3.63) is 29.8 Å². The van der Waals surface area contributed by atoms with E-state index >= 15 is 0 Å². The lowest BCUT2D eigenvalue weighted by molar-refractivity contribution is 0.253. The molecule has 0 aromatic heterocycles. The van der Waals surface area contributed by atoms with Crippen molar-refractivity contribution in [1.82, 2.24) is 10.6 Å². The van der Waals surface area contributed by atoms with Crippen molar-refractivity contribution >= 4 is 29.9 Å². The van der Waals surface area contributed by atoms with Gasteiger partial charge in [-0.2, -0.15) is 0 Å². The number of halogens is 1. The van der Waals surface area contributed by atoms with Crippen LogP contribution in [0.25, 0.3) is 0 Å². The number of hydrogen-bond acceptors (Lipinski definition) is 3. The van der Waals surface area contributed by atoms with E-state index in [0.29, 0.717) is 19.1 Å². The van der Waals surface area contributed by atoms with Gasteiger partial charge in [-0.3, -0.25) is 4.99 Å². The van der Waals surface area contributed by atoms with Crippen LogP contribution in [0, 0.1) is 12.8 Å². The molecule has 0 heterocycles. The van der Waals surface area contributed by atoms with Gasteiger partial charge in [0.2, 0.25) is 0 Å². The fourth-order valence-electron chi connectivity index (χ4n) is 2.53. The Balaban J connectivity index is 0.00000576. The van der Waals surface area contributed by atoms with E-state index in [1.807, 2.05) is 31.2 Å². The highest BCUT2D eigenvalue weighted by atomic mass is 127. The maximum atomic E-state index is 9.14. The zero-order chi connectivity index (χ0) is 17.6. The summed E-state index contributed by atoms with van der Waals surface area (Å²) in [6.07, 6.45) is 3.03. The molecule has 25 heavy (non-hydrogen) atoms. The Kier molecular flexibility index (Phi) is 14.6. The largest absolute Gasteiger partial charge is 0.491 e. The molecule has 1 unspecified atom stereocenters. The van der Waals surface area contributed by atoms with E-state index in [0.717, 1.165) is 49.6 Å². The van der Waals surface area contributed by atoms with Crippen LogP contribution in [0.3, 0.4) is 0 Å². The summed E-state index contributed by atoms with van der Waals surface area (Å²) in [4.78, 5) is 4.64. The number of guanidine groups is 1. The quantitative estimate of drug-likeness (QED) is 0.204. The number of rotatable bonds is 11. The molecule has 5 nitrogen and oxygen atoms in total. The van der Waals surface area contributed by atoms with Crippen LogP contribution in [0.5, 0.6) is 5.75 Å². The van der Waals surface area contributed by atoms with E-state index < -0.39 is 0 Å². The van der Waals surface area contributed by atoms with Gasteiger partial charge in [0, 0.05) is 19.7 Å². The number of aryl methyl sites for hydroxylation is 1. The van der Waals surface area contributed by atoms with E-state index in [9.17, 15) is 0 Å². The first-order valence-corrected chi connectivity index (χ1v) is 9.02. The maximum Gasteiger partial charge on any atom is 0.191 e. The fraction of sp³-hybridized carbons (Fsp3) is 0.632. The Morgan fingerprint density at radius 1 is 1.20 bits per heavy atom. The van der Waals surface area contributed by atoms with Crippen molar-refractivity contribution in [2.75, 3.05) is 32.8 Å². The molecule has 0 saturated carbocycles. The molecule has 6 heteroatoms. The first-order valence-electron chi connectivity index (χ1n) is 9.02. The third kappa shape index (κ3) is 10.5. The summed E-state index contributed by atoms with van der Waals surface area (Å²) in [6.45, 7) is 9.34. The number of benzene rings is 1. The molecule has 3 N–H and O–H groups in total. The lowest BCUT2D eigenvalue weighted by atomic mass is 10.0. The second-order valence-electron chi connectivity index (χ2n) is 5.93. The first kappa shape index (κ1) is 24.0. The summed E-state index contributed by atoms with van der Waals surface area (Å²) >= 11 is 0. The van der Waals surface area contributed by atoms with E-state index in [2.05, 4.69) is 29.5 Å². The third-order valence-electron chi connectivity index (χ3n) is 3.83. The highest BCUT2D eigenvalue weighted by Gasteiger charge is 2.07. The lowest BCUT2D eigenvalue weighted by Gasteiger charge is -2.15. The van der Waals surface area contributed by atoms with E-state index in [4.69, 9.17) is 9.84 Å². The van der Waals surface area contributed by atoms with Crippen LogP contribution in [0.2, 0.25) is 0 Å². The molecule has 1 rings (SSSR count). The molecule has 0 aliphatic rings. The van der Waals surface area contributed by atoms with Crippen molar-refractivity contribution in [2.24, 2.45) is 10.9 Å². The molecule has 1 aromatic rings. The number of aliphatic hydroxyl groups excluding tert-OH is 1. The van der Waals surface area contributed by atoms with Crippen LogP contribution in [-0.4, -0.2) is 43.9 Å². The SMILES string of the molecule is CCCC(CCO)CN=C(NCC)NCCOc1ccccc1C.I. The standard InChI is InChI=1S/C19H33N3O2.HI/c1-4-8-17(11-13-23)15-22-19(20-5-2)21-12-14-24-18-10-7-6-9-16(18)3;/h6-7,9-10,17,23H,4-5,8,11-15H2,1-3H3,(H2,20,21,22);1H. The molecule has 144 valence electrons. The van der Waals surface area contributed by atoms with E-state index in [-0.39, 0.29) is 30.6 Å². The molecule has 0 spiro atoms. The minimum Gasteiger partial charge on any atom is -0.491 e. The van der Waals surface area contributed by atoms with E-state index in [1.165, 1.54) is 0 Å². The number of aliphatic hydroxyl groups is 1. The van der Waals surface area contributed by atoms with E-state index in [1.54, 1.807) is 0 Å². The van der Waals surface area contributed by atoms with Gasteiger partial charge >= 0.3 is 0 Å². The smallest absolute Gasteiger partial charge is 0.191 e. The Morgan fingerprint density at radius 2 is 1.96 bits per heavy atom. The fourth-order valence-corrected chi connectivity index (χ4v) is 2.53. The Bertz CT molecular complexity index is 477. The molecule has 0 radical (unpaired) electrons. The van der Waals surface area contributed by atoms with Gasteiger partial charge in [-0.1, -0.05) is 31.5 Å². The van der Waals surface area contributed by atoms with Crippen LogP contribution < -0.4 is 15.4 Å². The molecule has 0 saturated heterocycles. The number of aliphatic imine (C=N–C) groups is 1. The van der Waals surface area contributed by atoms with Crippen LogP contribution in [0.15, 0.2) is 29.3 Å². The zero-order valence-electron chi connectivity index (χ0n) is 15.8. The molecule has 1 atom stereocenters. The van der Waals surface area contributed by atoms with Gasteiger partial charge in [-0.15, -0.1) is 24.0 Å². The van der Waals surface area contributed by atoms with Gasteiger partial charge < -0.3 is 20.5 Å². The van der Waals surface area contributed by atoms with Crippen molar-refractivity contribution in [3.63, 3.8) is 0 Å². The van der Waals surface area contributed by atoms with Crippen LogP contribution >= 0.6 is 24.0 Å². The topological polar surface area (TPSA) is 65.9 Å². The Morgan fingerprint density at radius 3 is 2.60 bits per heavy atom. The minimum atomic E-state index is 0. The summed E-state index contributed by atoms with van der Waals surface area (Å²) in [5.74, 6) is 2.18. The van der Waals surface area contributed by atoms with Crippen molar-refractivity contribution in [3.8, 4) is 5.75 Å². The normalized spacial score (nSPS) is 12.2. The summed E-state index contributed by atoms with van der Waals surface area (Å²) in [7, 11) is 0. The van der Waals surface area contributed by atoms with Crippen molar-refractivity contribution in [2.45, 2.75) is 40.0 Å². The summed E-state index contributed by atoms with van der Waals surface area (Å²) in [5.41, 5.74) is 1.14. The number of ether oxygens (including phenoxy) is 1.